The van der Waals surface area contributed by atoms with Gasteiger partial charge in [0, 0.05) is 12.4 Å². The highest BCUT2D eigenvalue weighted by Gasteiger charge is 2.18. The lowest BCUT2D eigenvalue weighted by Crippen LogP contribution is -2.42. The first-order chi connectivity index (χ1) is 13.9. The van der Waals surface area contributed by atoms with Crippen molar-refractivity contribution in [3.05, 3.63) is 77.6 Å². The third-order valence-electron chi connectivity index (χ3n) is 4.66. The Morgan fingerprint density at radius 3 is 2.59 bits per heavy atom. The van der Waals surface area contributed by atoms with Crippen LogP contribution in [0, 0.1) is 13.8 Å². The Balaban J connectivity index is 1.63. The van der Waals surface area contributed by atoms with Crippen LogP contribution in [-0.2, 0) is 16.0 Å². The first-order valence-corrected chi connectivity index (χ1v) is 10.5. The summed E-state index contributed by atoms with van der Waals surface area (Å²) in [6.45, 7) is 5.63. The largest absolute Gasteiger partial charge is 0.345 e. The van der Waals surface area contributed by atoms with Crippen LogP contribution in [0.15, 0.2) is 66.1 Å². The Bertz CT molecular complexity index is 998. The number of rotatable bonds is 8. The second-order valence-corrected chi connectivity index (χ2v) is 8.02. The first-order valence-electron chi connectivity index (χ1n) is 9.51. The molecular weight excluding hydrogens is 382 g/mol. The summed E-state index contributed by atoms with van der Waals surface area (Å²) in [6, 6.07) is 15.4. The van der Waals surface area contributed by atoms with Crippen LogP contribution >= 0.6 is 11.8 Å². The lowest BCUT2D eigenvalue weighted by molar-refractivity contribution is -0.125. The van der Waals surface area contributed by atoms with Gasteiger partial charge in [0.15, 0.2) is 10.9 Å². The molecule has 3 aromatic rings. The van der Waals surface area contributed by atoms with E-state index in [0.717, 1.165) is 22.0 Å². The van der Waals surface area contributed by atoms with Crippen molar-refractivity contribution in [1.82, 2.24) is 14.9 Å². The molecule has 1 aromatic heterocycles. The Morgan fingerprint density at radius 1 is 1.14 bits per heavy atom. The summed E-state index contributed by atoms with van der Waals surface area (Å²) in [6.07, 6.45) is 4.11. The fourth-order valence-electron chi connectivity index (χ4n) is 3.17. The van der Waals surface area contributed by atoms with E-state index in [9.17, 15) is 9.59 Å². The second kappa shape index (κ2) is 9.56. The van der Waals surface area contributed by atoms with Crippen molar-refractivity contribution in [2.24, 2.45) is 0 Å². The number of aryl methyl sites for hydroxylation is 2. The molecule has 1 N–H and O–H groups in total. The number of thioether (sulfide) groups is 1. The average Bonchev–Trinajstić information content (AvgIpc) is 3.15. The SMILES string of the molecule is CC(=O)[C@@H](Cc1ccccc1)NC(=O)CSc1nccn1-c1ccc(C)cc1C. The Kier molecular flexibility index (Phi) is 6.88. The molecule has 0 saturated heterocycles. The van der Waals surface area contributed by atoms with Crippen LogP contribution in [0.1, 0.15) is 23.6 Å². The number of aromatic nitrogens is 2. The van der Waals surface area contributed by atoms with Crippen molar-refractivity contribution in [2.75, 3.05) is 5.75 Å². The van der Waals surface area contributed by atoms with Crippen molar-refractivity contribution in [3.63, 3.8) is 0 Å². The highest BCUT2D eigenvalue weighted by Crippen LogP contribution is 2.23. The van der Waals surface area contributed by atoms with Gasteiger partial charge in [0.2, 0.25) is 5.91 Å². The summed E-state index contributed by atoms with van der Waals surface area (Å²) < 4.78 is 1.99. The van der Waals surface area contributed by atoms with Gasteiger partial charge >= 0.3 is 0 Å². The molecule has 0 bridgehead atoms. The number of ketones is 1. The Morgan fingerprint density at radius 2 is 1.90 bits per heavy atom. The molecule has 0 saturated carbocycles. The quantitative estimate of drug-likeness (QED) is 0.575. The summed E-state index contributed by atoms with van der Waals surface area (Å²) in [4.78, 5) is 28.9. The highest BCUT2D eigenvalue weighted by atomic mass is 32.2. The Labute approximate surface area is 175 Å². The number of carbonyl (C=O) groups excluding carboxylic acids is 2. The van der Waals surface area contributed by atoms with Crippen LogP contribution in [0.25, 0.3) is 5.69 Å². The minimum absolute atomic E-state index is 0.0519. The van der Waals surface area contributed by atoms with Gasteiger partial charge in [-0.1, -0.05) is 59.8 Å². The molecule has 3 rings (SSSR count). The molecule has 1 amide bonds. The van der Waals surface area contributed by atoms with E-state index in [-0.39, 0.29) is 17.4 Å². The lowest BCUT2D eigenvalue weighted by atomic mass is 10.0. The van der Waals surface area contributed by atoms with Crippen LogP contribution in [0.5, 0.6) is 0 Å². The van der Waals surface area contributed by atoms with E-state index in [1.54, 1.807) is 6.20 Å². The molecule has 1 atom stereocenters. The number of imidazole rings is 1. The van der Waals surface area contributed by atoms with Gasteiger partial charge in [-0.05, 0) is 44.4 Å². The monoisotopic (exact) mass is 407 g/mol. The highest BCUT2D eigenvalue weighted by molar-refractivity contribution is 7.99. The van der Waals surface area contributed by atoms with Gasteiger partial charge in [-0.25, -0.2) is 4.98 Å². The van der Waals surface area contributed by atoms with E-state index < -0.39 is 6.04 Å². The molecule has 2 aromatic carbocycles. The molecular formula is C23H25N3O2S. The van der Waals surface area contributed by atoms with Crippen LogP contribution in [0.2, 0.25) is 0 Å². The maximum absolute atomic E-state index is 12.5. The summed E-state index contributed by atoms with van der Waals surface area (Å²) in [5, 5.41) is 3.60. The van der Waals surface area contributed by atoms with Gasteiger partial charge < -0.3 is 5.32 Å². The first kappa shape index (κ1) is 20.9. The number of carbonyl (C=O) groups is 2. The number of Topliss-reactive ketones (excluding diaryl/α,β-unsaturated/α-hetero) is 1. The zero-order valence-corrected chi connectivity index (χ0v) is 17.7. The fourth-order valence-corrected chi connectivity index (χ4v) is 3.95. The number of amides is 1. The van der Waals surface area contributed by atoms with E-state index in [0.29, 0.717) is 6.42 Å². The molecule has 0 fully saturated rings. The summed E-state index contributed by atoms with van der Waals surface area (Å²) in [5.74, 6) is -0.0363. The summed E-state index contributed by atoms with van der Waals surface area (Å²) in [7, 11) is 0. The van der Waals surface area contributed by atoms with E-state index in [1.807, 2.05) is 41.1 Å². The standard InChI is InChI=1S/C23H25N3O2S/c1-16-9-10-21(17(2)13-16)26-12-11-24-23(26)29-15-22(28)25-20(18(3)27)14-19-7-5-4-6-8-19/h4-13,20H,14-15H2,1-3H3,(H,25,28)/t20-/m1/s1. The molecule has 0 aliphatic heterocycles. The van der Waals surface area contributed by atoms with Crippen molar-refractivity contribution < 1.29 is 9.59 Å². The smallest absolute Gasteiger partial charge is 0.231 e. The molecule has 0 spiro atoms. The number of benzene rings is 2. The molecule has 1 heterocycles. The maximum Gasteiger partial charge on any atom is 0.231 e. The summed E-state index contributed by atoms with van der Waals surface area (Å²) in [5.41, 5.74) is 4.41. The van der Waals surface area contributed by atoms with Gasteiger partial charge in [0.25, 0.3) is 0 Å². The second-order valence-electron chi connectivity index (χ2n) is 7.08. The Hall–Kier alpha value is -2.86. The molecule has 150 valence electrons. The van der Waals surface area contributed by atoms with Gasteiger partial charge in [0.1, 0.15) is 0 Å². The molecule has 0 radical (unpaired) electrons. The minimum atomic E-state index is -0.524. The van der Waals surface area contributed by atoms with Crippen molar-refractivity contribution in [1.29, 1.82) is 0 Å². The minimum Gasteiger partial charge on any atom is -0.345 e. The van der Waals surface area contributed by atoms with Crippen LogP contribution in [0.3, 0.4) is 0 Å². The normalized spacial score (nSPS) is 11.8. The number of nitrogens with zero attached hydrogens (tertiary/aromatic N) is 2. The third-order valence-corrected chi connectivity index (χ3v) is 5.63. The number of nitrogens with one attached hydrogen (secondary N) is 1. The average molecular weight is 408 g/mol. The molecule has 0 aliphatic rings. The third kappa shape index (κ3) is 5.57. The molecule has 0 aliphatic carbocycles. The van der Waals surface area contributed by atoms with Gasteiger partial charge in [-0.15, -0.1) is 0 Å². The van der Waals surface area contributed by atoms with Crippen molar-refractivity contribution in [2.45, 2.75) is 38.4 Å². The summed E-state index contributed by atoms with van der Waals surface area (Å²) >= 11 is 1.36. The molecule has 6 heteroatoms. The zero-order valence-electron chi connectivity index (χ0n) is 16.9. The van der Waals surface area contributed by atoms with Crippen LogP contribution < -0.4 is 5.32 Å². The van der Waals surface area contributed by atoms with Gasteiger partial charge in [-0.3, -0.25) is 14.2 Å². The van der Waals surface area contributed by atoms with E-state index in [4.69, 9.17) is 0 Å². The topological polar surface area (TPSA) is 64.0 Å². The number of hydrogen-bond acceptors (Lipinski definition) is 4. The zero-order chi connectivity index (χ0) is 20.8. The van der Waals surface area contributed by atoms with Crippen LogP contribution in [-0.4, -0.2) is 33.0 Å². The molecule has 29 heavy (non-hydrogen) atoms. The van der Waals surface area contributed by atoms with E-state index >= 15 is 0 Å². The van der Waals surface area contributed by atoms with Crippen molar-refractivity contribution >= 4 is 23.5 Å². The lowest BCUT2D eigenvalue weighted by Gasteiger charge is -2.16. The van der Waals surface area contributed by atoms with E-state index in [2.05, 4.69) is 42.3 Å². The van der Waals surface area contributed by atoms with Gasteiger partial charge in [0.05, 0.1) is 17.5 Å². The van der Waals surface area contributed by atoms with E-state index in [1.165, 1.54) is 24.2 Å². The fraction of sp³-hybridized carbons (Fsp3) is 0.261. The molecule has 5 nitrogen and oxygen atoms in total. The predicted octanol–water partition coefficient (Wildman–Crippen LogP) is 3.90. The maximum atomic E-state index is 12.5. The van der Waals surface area contributed by atoms with Crippen LogP contribution in [0.4, 0.5) is 0 Å². The van der Waals surface area contributed by atoms with Gasteiger partial charge in [-0.2, -0.15) is 0 Å². The number of hydrogen-bond donors (Lipinski definition) is 1. The van der Waals surface area contributed by atoms with Crippen molar-refractivity contribution in [3.8, 4) is 5.69 Å². The molecule has 0 unspecified atom stereocenters. The predicted molar refractivity (Wildman–Crippen MR) is 117 cm³/mol.